The fourth-order valence-electron chi connectivity index (χ4n) is 0.556. The second-order valence-electron chi connectivity index (χ2n) is 5.88. The number of hydrogen-bond donors (Lipinski definition) is 0. The van der Waals surface area contributed by atoms with E-state index in [2.05, 4.69) is 4.39 Å². The summed E-state index contributed by atoms with van der Waals surface area (Å²) in [6.45, 7) is 7.88. The highest BCUT2D eigenvalue weighted by Crippen LogP contribution is 2.37. The highest BCUT2D eigenvalue weighted by molar-refractivity contribution is 7.85. The molecule has 0 amide bonds. The quantitative estimate of drug-likeness (QED) is 0.553. The van der Waals surface area contributed by atoms with Gasteiger partial charge in [-0.3, -0.25) is 0 Å². The summed E-state index contributed by atoms with van der Waals surface area (Å²) in [5.41, 5.74) is 0. The zero-order valence-corrected chi connectivity index (χ0v) is 14.5. The minimum Gasteiger partial charge on any atom is -0.410 e. The molecule has 0 heterocycles. The Hall–Kier alpha value is -0.263. The van der Waals surface area contributed by atoms with Gasteiger partial charge >= 0.3 is 12.3 Å². The first-order valence-electron chi connectivity index (χ1n) is 5.76. The molecule has 0 aliphatic rings. The Morgan fingerprint density at radius 3 is 1.67 bits per heavy atom. The van der Waals surface area contributed by atoms with Crippen LogP contribution in [0.15, 0.2) is 0 Å². The summed E-state index contributed by atoms with van der Waals surface area (Å²) < 4.78 is 85.6. The number of hydrogen-bond acceptors (Lipinski definition) is 4. The van der Waals surface area contributed by atoms with E-state index >= 15 is 0 Å². The van der Waals surface area contributed by atoms with Gasteiger partial charge in [0.25, 0.3) is 10.1 Å². The molecule has 0 aromatic heterocycles. The van der Waals surface area contributed by atoms with E-state index in [1.165, 1.54) is 0 Å². The normalized spacial score (nSPS) is 13.9. The van der Waals surface area contributed by atoms with Gasteiger partial charge in [0.15, 0.2) is 8.32 Å². The second-order valence-corrected chi connectivity index (χ2v) is 12.2. The summed E-state index contributed by atoms with van der Waals surface area (Å²) in [7, 11) is -6.20. The maximum atomic E-state index is 12.6. The molecule has 0 aliphatic heterocycles. The molecule has 0 aromatic carbocycles. The van der Waals surface area contributed by atoms with Crippen LogP contribution in [-0.2, 0) is 18.9 Å². The van der Waals surface area contributed by atoms with Gasteiger partial charge in [-0.25, -0.2) is 8.78 Å². The number of rotatable bonds is 5. The molecule has 0 atom stereocenters. The molecule has 11 heteroatoms. The lowest BCUT2D eigenvalue weighted by Gasteiger charge is -2.37. The third-order valence-electron chi connectivity index (χ3n) is 2.87. The van der Waals surface area contributed by atoms with Crippen LogP contribution in [0.3, 0.4) is 0 Å². The van der Waals surface area contributed by atoms with Gasteiger partial charge in [0.1, 0.15) is 6.61 Å². The van der Waals surface area contributed by atoms with Crippen LogP contribution in [0.25, 0.3) is 0 Å². The van der Waals surface area contributed by atoms with Crippen LogP contribution in [0, 0.1) is 0 Å². The Morgan fingerprint density at radius 1 is 1.14 bits per heavy atom. The van der Waals surface area contributed by atoms with Crippen molar-refractivity contribution in [3.05, 3.63) is 0 Å². The van der Waals surface area contributed by atoms with Crippen molar-refractivity contribution in [3.63, 3.8) is 0 Å². The van der Waals surface area contributed by atoms with Crippen LogP contribution in [0.5, 0.6) is 0 Å². The van der Waals surface area contributed by atoms with Crippen molar-refractivity contribution in [3.8, 4) is 0 Å². The average molecular weight is 360 g/mol. The molecule has 0 saturated carbocycles. The fraction of sp³-hybridized carbons (Fsp3) is 1.00. The highest BCUT2D eigenvalue weighted by atomic mass is 32.2. The topological polar surface area (TPSA) is 52.6 Å². The zero-order chi connectivity index (χ0) is 17.7. The van der Waals surface area contributed by atoms with E-state index < -0.39 is 37.4 Å². The molecule has 0 fully saturated rings. The lowest BCUT2D eigenvalue weighted by atomic mass is 10.2. The van der Waals surface area contributed by atoms with Crippen LogP contribution in [0.4, 0.5) is 22.1 Å². The van der Waals surface area contributed by atoms with E-state index in [-0.39, 0.29) is 5.04 Å². The van der Waals surface area contributed by atoms with Crippen LogP contribution >= 0.6 is 0 Å². The molecular formula is C10H21F5O4SSi. The summed E-state index contributed by atoms with van der Waals surface area (Å²) in [5.74, 6) is -4.05. The summed E-state index contributed by atoms with van der Waals surface area (Å²) in [6.07, 6.45) is -3.05. The van der Waals surface area contributed by atoms with Crippen molar-refractivity contribution >= 4 is 18.4 Å². The molecule has 130 valence electrons. The maximum Gasteiger partial charge on any atom is 0.328 e. The predicted octanol–water partition coefficient (Wildman–Crippen LogP) is 3.76. The van der Waals surface area contributed by atoms with E-state index in [0.717, 1.165) is 0 Å². The minimum absolute atomic E-state index is 0.259. The summed E-state index contributed by atoms with van der Waals surface area (Å²) in [6, 6.07) is 0. The Morgan fingerprint density at radius 2 is 1.48 bits per heavy atom. The summed E-state index contributed by atoms with van der Waals surface area (Å²) in [4.78, 5) is 0. The van der Waals surface area contributed by atoms with Crippen molar-refractivity contribution in [2.75, 3.05) is 12.9 Å². The second kappa shape index (κ2) is 7.84. The molecule has 21 heavy (non-hydrogen) atoms. The highest BCUT2D eigenvalue weighted by Gasteiger charge is 2.45. The van der Waals surface area contributed by atoms with Gasteiger partial charge in [-0.05, 0) is 22.7 Å². The van der Waals surface area contributed by atoms with Gasteiger partial charge in [0.05, 0.1) is 6.26 Å². The Labute approximate surface area is 122 Å². The lowest BCUT2D eigenvalue weighted by Crippen LogP contribution is -2.45. The summed E-state index contributed by atoms with van der Waals surface area (Å²) in [5, 5.41) is -0.259. The zero-order valence-electron chi connectivity index (χ0n) is 12.7. The molecule has 0 rings (SSSR count). The van der Waals surface area contributed by atoms with E-state index in [4.69, 9.17) is 4.43 Å². The maximum absolute atomic E-state index is 12.6. The molecule has 0 bridgehead atoms. The van der Waals surface area contributed by atoms with E-state index in [9.17, 15) is 30.5 Å². The van der Waals surface area contributed by atoms with Gasteiger partial charge in [-0.1, -0.05) is 25.2 Å². The van der Waals surface area contributed by atoms with Gasteiger partial charge in [0.2, 0.25) is 0 Å². The van der Waals surface area contributed by atoms with Gasteiger partial charge in [-0.2, -0.15) is 17.2 Å². The van der Waals surface area contributed by atoms with Gasteiger partial charge in [-0.15, -0.1) is 0 Å². The van der Waals surface area contributed by atoms with Crippen molar-refractivity contribution in [2.24, 2.45) is 0 Å². The monoisotopic (exact) mass is 360 g/mol. The first-order valence-corrected chi connectivity index (χ1v) is 10.5. The van der Waals surface area contributed by atoms with Gasteiger partial charge in [0, 0.05) is 0 Å². The molecular weight excluding hydrogens is 339 g/mol. The fourth-order valence-corrected chi connectivity index (χ4v) is 1.54. The molecule has 0 N–H and O–H groups in total. The van der Waals surface area contributed by atoms with Gasteiger partial charge < -0.3 is 4.43 Å². The number of alkyl halides is 4. The average Bonchev–Trinajstić information content (AvgIpc) is 2.25. The van der Waals surface area contributed by atoms with Crippen molar-refractivity contribution in [2.45, 2.75) is 51.3 Å². The molecule has 0 unspecified atom stereocenters. The number of halogens is 5. The van der Waals surface area contributed by atoms with E-state index in [1.807, 2.05) is 20.8 Å². The van der Waals surface area contributed by atoms with E-state index in [1.54, 1.807) is 13.1 Å². The molecule has 0 saturated heterocycles. The van der Waals surface area contributed by atoms with E-state index in [0.29, 0.717) is 6.26 Å². The van der Waals surface area contributed by atoms with Crippen molar-refractivity contribution in [1.82, 2.24) is 0 Å². The van der Waals surface area contributed by atoms with Crippen LogP contribution in [0.2, 0.25) is 18.1 Å². The van der Waals surface area contributed by atoms with Crippen molar-refractivity contribution in [1.29, 1.82) is 0 Å². The molecule has 0 radical (unpaired) electrons. The smallest absolute Gasteiger partial charge is 0.328 e. The van der Waals surface area contributed by atoms with Crippen LogP contribution in [0.1, 0.15) is 20.8 Å². The molecule has 0 aromatic rings. The SMILES string of the molecule is CC(C)(C)[Si](C)(C)OCC(F)(F)C(F)F.CS(=O)(=O)OF. The van der Waals surface area contributed by atoms with Crippen LogP contribution < -0.4 is 0 Å². The minimum atomic E-state index is -4.05. The predicted molar refractivity (Wildman–Crippen MR) is 71.1 cm³/mol. The third kappa shape index (κ3) is 10.1. The Bertz CT molecular complexity index is 406. The largest absolute Gasteiger partial charge is 0.410 e. The first kappa shape index (κ1) is 23.0. The Balaban J connectivity index is 0. The molecule has 0 aliphatic carbocycles. The third-order valence-corrected chi connectivity index (χ3v) is 7.57. The Kier molecular flexibility index (Phi) is 8.59. The summed E-state index contributed by atoms with van der Waals surface area (Å²) >= 11 is 0. The molecule has 0 spiro atoms. The van der Waals surface area contributed by atoms with Crippen LogP contribution in [-0.4, -0.2) is 41.9 Å². The van der Waals surface area contributed by atoms with Crippen molar-refractivity contribution < 1.29 is 39.3 Å². The lowest BCUT2D eigenvalue weighted by molar-refractivity contribution is -0.150. The standard InChI is InChI=1S/C9H18F4OSi.CH3FO3S/c1-8(2,3)15(4,5)14-6-9(12,13)7(10)11;1-6(3,4)5-2/h7H,6H2,1-5H3;1H3. The first-order chi connectivity index (χ1) is 8.96. The molecule has 4 nitrogen and oxygen atoms in total.